The van der Waals surface area contributed by atoms with Crippen molar-refractivity contribution in [2.75, 3.05) is 22.5 Å². The third-order valence-corrected chi connectivity index (χ3v) is 7.71. The van der Waals surface area contributed by atoms with E-state index in [0.29, 0.717) is 16.8 Å². The highest BCUT2D eigenvalue weighted by Gasteiger charge is 2.25. The van der Waals surface area contributed by atoms with Crippen LogP contribution >= 0.6 is 24.8 Å². The molecule has 5 aromatic rings. The van der Waals surface area contributed by atoms with Crippen LogP contribution in [0, 0.1) is 30.9 Å². The van der Waals surface area contributed by atoms with Gasteiger partial charge in [-0.25, -0.2) is 4.79 Å². The number of aromatic nitrogens is 5. The number of nitro groups is 1. The van der Waals surface area contributed by atoms with Crippen LogP contribution in [0.5, 0.6) is 0 Å². The average Bonchev–Trinajstić information content (AvgIpc) is 3.78. The number of nitrogens with two attached hydrogens (primary N) is 1. The highest BCUT2D eigenvalue weighted by atomic mass is 35.5. The number of fused-ring (bicyclic) bond motifs is 1. The summed E-state index contributed by atoms with van der Waals surface area (Å²) in [5.74, 6) is -2.20. The number of rotatable bonds is 10. The third-order valence-electron chi connectivity index (χ3n) is 7.71. The molecule has 18 nitrogen and oxygen atoms in total. The number of nitrogens with one attached hydrogen (secondary N) is 6. The van der Waals surface area contributed by atoms with Crippen molar-refractivity contribution in [3.05, 3.63) is 86.9 Å². The quantitative estimate of drug-likeness (QED) is 0.0817. The van der Waals surface area contributed by atoms with Crippen molar-refractivity contribution >= 4 is 88.1 Å². The lowest BCUT2D eigenvalue weighted by Crippen LogP contribution is -2.30. The zero-order chi connectivity index (χ0) is 34.9. The lowest BCUT2D eigenvalue weighted by Gasteiger charge is -2.10. The third kappa shape index (κ3) is 7.45. The van der Waals surface area contributed by atoms with Crippen LogP contribution in [0.25, 0.3) is 10.9 Å². The number of anilines is 3. The molecule has 0 unspecified atom stereocenters. The number of nitrogens with zero attached hydrogens (tertiary/aromatic N) is 4. The second-order valence-electron chi connectivity index (χ2n) is 10.8. The number of hydrogen-bond acceptors (Lipinski definition) is 8. The number of halogens is 2. The Morgan fingerprint density at radius 1 is 0.880 bits per heavy atom. The number of nitro benzene ring substituents is 1. The molecule has 4 heterocycles. The maximum atomic E-state index is 13.2. The Bertz CT molecular complexity index is 2140. The number of hydrogen-bond donors (Lipinski definition) is 7. The highest BCUT2D eigenvalue weighted by Crippen LogP contribution is 2.29. The molecule has 20 heteroatoms. The van der Waals surface area contributed by atoms with E-state index in [1.54, 1.807) is 46.1 Å². The first-order valence-corrected chi connectivity index (χ1v) is 14.4. The number of aromatic amines is 2. The van der Waals surface area contributed by atoms with Gasteiger partial charge in [0.1, 0.15) is 28.0 Å². The molecule has 0 aliphatic carbocycles. The van der Waals surface area contributed by atoms with Crippen LogP contribution in [0.1, 0.15) is 54.7 Å². The van der Waals surface area contributed by atoms with Gasteiger partial charge in [-0.1, -0.05) is 6.07 Å². The smallest absolute Gasteiger partial charge is 0.346 e. The number of amides is 5. The fourth-order valence-corrected chi connectivity index (χ4v) is 5.18. The van der Waals surface area contributed by atoms with Crippen molar-refractivity contribution in [2.24, 2.45) is 12.8 Å². The first-order chi connectivity index (χ1) is 22.8. The van der Waals surface area contributed by atoms with Gasteiger partial charge in [0.25, 0.3) is 23.4 Å². The number of carbonyl (C=O) groups is 5. The molecule has 0 aliphatic rings. The number of benzene rings is 1. The van der Waals surface area contributed by atoms with E-state index in [1.807, 2.05) is 0 Å². The van der Waals surface area contributed by atoms with Gasteiger partial charge < -0.3 is 41.5 Å². The molecule has 4 aromatic heterocycles. The lowest BCUT2D eigenvalue weighted by atomic mass is 10.2. The Balaban J connectivity index is 0.00000338. The Morgan fingerprint density at radius 3 is 2.04 bits per heavy atom. The maximum Gasteiger partial charge on any atom is 0.346 e. The van der Waals surface area contributed by atoms with Crippen molar-refractivity contribution in [1.82, 2.24) is 29.6 Å². The van der Waals surface area contributed by atoms with Gasteiger partial charge in [0, 0.05) is 55.8 Å². The highest BCUT2D eigenvalue weighted by molar-refractivity contribution is 6.11. The average molecular weight is 731 g/mol. The van der Waals surface area contributed by atoms with Crippen molar-refractivity contribution in [3.63, 3.8) is 0 Å². The minimum atomic E-state index is -0.686. The second kappa shape index (κ2) is 15.4. The fraction of sp³-hybridized carbons (Fsp3) is 0.200. The largest absolute Gasteiger partial charge is 0.370 e. The Kier molecular flexibility index (Phi) is 11.8. The van der Waals surface area contributed by atoms with Gasteiger partial charge in [0.05, 0.1) is 27.7 Å². The van der Waals surface area contributed by atoms with E-state index in [4.69, 9.17) is 5.73 Å². The normalized spacial score (nSPS) is 10.5. The van der Waals surface area contributed by atoms with Crippen LogP contribution in [-0.2, 0) is 11.8 Å². The standard InChI is InChI=1S/C30H31N11O7.2ClH/c1-14-19(12-33-24(14)27(43)35-18-9-11-39(4)26(18)29(45)32-10-8-22(31)42)36-28(44)25-15(2)20(13-34-25)37-30(46)40-16(3)23-17(38-40)6-5-7-21(23)41(47)48;;/h5-7,9,11-13,33-34H,8,10H2,1-4H3,(H2,31,42)(H,32,45)(H,35,43)(H,36,44)(H,37,46);2*1H. The van der Waals surface area contributed by atoms with E-state index in [2.05, 4.69) is 36.3 Å². The second-order valence-corrected chi connectivity index (χ2v) is 10.8. The first-order valence-electron chi connectivity index (χ1n) is 14.4. The van der Waals surface area contributed by atoms with Gasteiger partial charge in [-0.2, -0.15) is 9.78 Å². The number of carbonyl (C=O) groups excluding carboxylic acids is 5. The molecule has 8 N–H and O–H groups in total. The predicted octanol–water partition coefficient (Wildman–Crippen LogP) is 3.90. The summed E-state index contributed by atoms with van der Waals surface area (Å²) in [6, 6.07) is 5.24. The summed E-state index contributed by atoms with van der Waals surface area (Å²) < 4.78 is 2.54. The van der Waals surface area contributed by atoms with Crippen LogP contribution < -0.4 is 27.0 Å². The Morgan fingerprint density at radius 2 is 1.46 bits per heavy atom. The number of H-pyrrole nitrogens is 2. The molecular formula is C30H33Cl2N11O7. The summed E-state index contributed by atoms with van der Waals surface area (Å²) >= 11 is 0. The van der Waals surface area contributed by atoms with Gasteiger partial charge in [-0.15, -0.1) is 24.8 Å². The molecule has 0 spiro atoms. The molecule has 5 amide bonds. The number of aryl methyl sites for hydroxylation is 2. The first kappa shape index (κ1) is 38.3. The van der Waals surface area contributed by atoms with Crippen LogP contribution in [0.4, 0.5) is 27.5 Å². The van der Waals surface area contributed by atoms with E-state index >= 15 is 0 Å². The van der Waals surface area contributed by atoms with Gasteiger partial charge in [0.15, 0.2) is 0 Å². The zero-order valence-corrected chi connectivity index (χ0v) is 28.6. The van der Waals surface area contributed by atoms with E-state index < -0.39 is 34.6 Å². The van der Waals surface area contributed by atoms with Gasteiger partial charge in [-0.3, -0.25) is 29.3 Å². The van der Waals surface area contributed by atoms with Crippen LogP contribution in [-0.4, -0.2) is 65.4 Å². The van der Waals surface area contributed by atoms with Crippen molar-refractivity contribution < 1.29 is 28.9 Å². The summed E-state index contributed by atoms with van der Waals surface area (Å²) in [5.41, 5.74) is 7.56. The summed E-state index contributed by atoms with van der Waals surface area (Å²) in [5, 5.41) is 26.6. The number of primary amides is 1. The predicted molar refractivity (Wildman–Crippen MR) is 189 cm³/mol. The Labute approximate surface area is 295 Å². The molecule has 0 fully saturated rings. The maximum absolute atomic E-state index is 13.2. The van der Waals surface area contributed by atoms with E-state index in [9.17, 15) is 34.1 Å². The van der Waals surface area contributed by atoms with Gasteiger partial charge in [-0.05, 0) is 32.9 Å². The summed E-state index contributed by atoms with van der Waals surface area (Å²) in [6.45, 7) is 4.82. The molecule has 264 valence electrons. The fourth-order valence-electron chi connectivity index (χ4n) is 5.18. The van der Waals surface area contributed by atoms with Crippen molar-refractivity contribution in [1.29, 1.82) is 0 Å². The molecular weight excluding hydrogens is 697 g/mol. The minimum absolute atomic E-state index is 0. The van der Waals surface area contributed by atoms with E-state index in [1.165, 1.54) is 29.1 Å². The molecule has 0 radical (unpaired) electrons. The van der Waals surface area contributed by atoms with Crippen LogP contribution in [0.3, 0.4) is 0 Å². The van der Waals surface area contributed by atoms with E-state index in [-0.39, 0.29) is 88.5 Å². The minimum Gasteiger partial charge on any atom is -0.370 e. The molecule has 0 aliphatic heterocycles. The molecule has 0 atom stereocenters. The topological polar surface area (TPSA) is 257 Å². The lowest BCUT2D eigenvalue weighted by molar-refractivity contribution is -0.383. The summed E-state index contributed by atoms with van der Waals surface area (Å²) in [7, 11) is 1.62. The molecule has 0 saturated carbocycles. The monoisotopic (exact) mass is 729 g/mol. The molecule has 0 saturated heterocycles. The van der Waals surface area contributed by atoms with Gasteiger partial charge >= 0.3 is 6.03 Å². The summed E-state index contributed by atoms with van der Waals surface area (Å²) in [4.78, 5) is 79.8. The summed E-state index contributed by atoms with van der Waals surface area (Å²) in [6.07, 6.45) is 4.41. The van der Waals surface area contributed by atoms with Crippen LogP contribution in [0.2, 0.25) is 0 Å². The molecule has 1 aromatic carbocycles. The number of non-ortho nitro benzene ring substituents is 1. The SMILES string of the molecule is Cc1c(NC(=O)c2[nH]cc(NC(=O)n3nc4cccc([N+](=O)[O-])c4c3C)c2C)c[nH]c1C(=O)Nc1ccn(C)c1C(=O)NCCC(N)=O.Cl.Cl. The molecule has 50 heavy (non-hydrogen) atoms. The van der Waals surface area contributed by atoms with E-state index in [0.717, 1.165) is 4.68 Å². The molecule has 0 bridgehead atoms. The van der Waals surface area contributed by atoms with Crippen molar-refractivity contribution in [2.45, 2.75) is 27.2 Å². The molecule has 5 rings (SSSR count). The zero-order valence-electron chi connectivity index (χ0n) is 27.0. The Hall–Kier alpha value is -6.14. The van der Waals surface area contributed by atoms with Crippen molar-refractivity contribution in [3.8, 4) is 0 Å². The van der Waals surface area contributed by atoms with Crippen LogP contribution in [0.15, 0.2) is 42.9 Å². The van der Waals surface area contributed by atoms with Gasteiger partial charge in [0.2, 0.25) is 5.91 Å².